The van der Waals surface area contributed by atoms with Crippen LogP contribution in [0.1, 0.15) is 96.6 Å². The van der Waals surface area contributed by atoms with Gasteiger partial charge in [0.25, 0.3) is 5.91 Å². The molecular weight excluding hydrogens is 404 g/mol. The van der Waals surface area contributed by atoms with Crippen molar-refractivity contribution in [2.75, 3.05) is 20.2 Å². The number of ether oxygens (including phenoxy) is 2. The van der Waals surface area contributed by atoms with Crippen LogP contribution in [0.4, 0.5) is 4.79 Å². The van der Waals surface area contributed by atoms with Gasteiger partial charge in [0.1, 0.15) is 11.4 Å². The third-order valence-corrected chi connectivity index (χ3v) is 5.70. The van der Waals surface area contributed by atoms with E-state index in [2.05, 4.69) is 46.9 Å². The summed E-state index contributed by atoms with van der Waals surface area (Å²) < 4.78 is 11.1. The molecule has 2 amide bonds. The minimum atomic E-state index is -0.543. The molecule has 0 unspecified atom stereocenters. The van der Waals surface area contributed by atoms with Crippen molar-refractivity contribution >= 4 is 12.0 Å². The van der Waals surface area contributed by atoms with Gasteiger partial charge in [0, 0.05) is 13.1 Å². The Bertz CT molecular complexity index is 841. The summed E-state index contributed by atoms with van der Waals surface area (Å²) >= 11 is 0. The van der Waals surface area contributed by atoms with Gasteiger partial charge in [-0.25, -0.2) is 4.79 Å². The van der Waals surface area contributed by atoms with E-state index in [1.54, 1.807) is 12.0 Å². The van der Waals surface area contributed by atoms with Gasteiger partial charge in [-0.15, -0.1) is 0 Å². The number of hydrogen-bond acceptors (Lipinski definition) is 4. The van der Waals surface area contributed by atoms with Gasteiger partial charge in [0.2, 0.25) is 0 Å². The minimum absolute atomic E-state index is 0.0734. The highest BCUT2D eigenvalue weighted by atomic mass is 16.6. The minimum Gasteiger partial charge on any atom is -0.496 e. The molecule has 1 N–H and O–H groups in total. The molecule has 6 heteroatoms. The lowest BCUT2D eigenvalue weighted by molar-refractivity contribution is 0.0225. The van der Waals surface area contributed by atoms with E-state index in [4.69, 9.17) is 9.47 Å². The third-order valence-electron chi connectivity index (χ3n) is 5.70. The maximum Gasteiger partial charge on any atom is 0.410 e. The normalized spacial score (nSPS) is 17.3. The van der Waals surface area contributed by atoms with Crippen LogP contribution in [0.25, 0.3) is 0 Å². The first-order valence-electron chi connectivity index (χ1n) is 11.6. The molecule has 1 aromatic rings. The summed E-state index contributed by atoms with van der Waals surface area (Å²) in [4.78, 5) is 27.5. The van der Waals surface area contributed by atoms with Gasteiger partial charge >= 0.3 is 6.09 Å². The fourth-order valence-electron chi connectivity index (χ4n) is 4.08. The van der Waals surface area contributed by atoms with Crippen LogP contribution in [-0.2, 0) is 15.6 Å². The van der Waals surface area contributed by atoms with Crippen LogP contribution in [0.2, 0.25) is 0 Å². The molecule has 1 aromatic carbocycles. The van der Waals surface area contributed by atoms with E-state index in [-0.39, 0.29) is 28.9 Å². The van der Waals surface area contributed by atoms with Gasteiger partial charge in [-0.3, -0.25) is 4.79 Å². The first-order valence-corrected chi connectivity index (χ1v) is 11.6. The number of amides is 2. The number of methoxy groups -OCH3 is 1. The van der Waals surface area contributed by atoms with Crippen LogP contribution in [0.5, 0.6) is 5.75 Å². The number of carbonyl (C=O) groups is 2. The molecule has 180 valence electrons. The molecule has 32 heavy (non-hydrogen) atoms. The lowest BCUT2D eigenvalue weighted by Crippen LogP contribution is -2.45. The largest absolute Gasteiger partial charge is 0.496 e. The predicted molar refractivity (Wildman–Crippen MR) is 129 cm³/mol. The van der Waals surface area contributed by atoms with E-state index in [0.717, 1.165) is 18.4 Å². The molecule has 0 spiro atoms. The van der Waals surface area contributed by atoms with Gasteiger partial charge < -0.3 is 19.7 Å². The second-order valence-corrected chi connectivity index (χ2v) is 11.8. The van der Waals surface area contributed by atoms with Crippen molar-refractivity contribution in [2.45, 2.75) is 97.6 Å². The van der Waals surface area contributed by atoms with Crippen LogP contribution < -0.4 is 10.1 Å². The van der Waals surface area contributed by atoms with Crippen molar-refractivity contribution in [1.82, 2.24) is 10.2 Å². The van der Waals surface area contributed by atoms with Crippen LogP contribution in [0.3, 0.4) is 0 Å². The monoisotopic (exact) mass is 446 g/mol. The molecule has 1 fully saturated rings. The van der Waals surface area contributed by atoms with E-state index >= 15 is 0 Å². The van der Waals surface area contributed by atoms with Crippen LogP contribution in [0, 0.1) is 0 Å². The van der Waals surface area contributed by atoms with Gasteiger partial charge in [-0.05, 0) is 67.7 Å². The zero-order chi connectivity index (χ0) is 24.5. The van der Waals surface area contributed by atoms with Crippen molar-refractivity contribution in [3.05, 3.63) is 28.8 Å². The Balaban J connectivity index is 2.25. The van der Waals surface area contributed by atoms with Crippen molar-refractivity contribution in [2.24, 2.45) is 0 Å². The summed E-state index contributed by atoms with van der Waals surface area (Å²) in [5.41, 5.74) is 2.08. The van der Waals surface area contributed by atoms with Crippen molar-refractivity contribution in [3.63, 3.8) is 0 Å². The molecule has 0 aromatic heterocycles. The van der Waals surface area contributed by atoms with E-state index in [9.17, 15) is 9.59 Å². The molecule has 6 nitrogen and oxygen atoms in total. The Kier molecular flexibility index (Phi) is 7.58. The summed E-state index contributed by atoms with van der Waals surface area (Å²) in [7, 11) is 1.59. The van der Waals surface area contributed by atoms with E-state index in [1.807, 2.05) is 32.9 Å². The summed E-state index contributed by atoms with van der Waals surface area (Å²) in [5, 5.41) is 3.03. The molecule has 1 aliphatic heterocycles. The lowest BCUT2D eigenvalue weighted by atomic mass is 9.74. The highest BCUT2D eigenvalue weighted by Crippen LogP contribution is 2.38. The van der Waals surface area contributed by atoms with E-state index in [0.29, 0.717) is 24.4 Å². The number of rotatable bonds is 4. The summed E-state index contributed by atoms with van der Waals surface area (Å²) in [6.07, 6.45) is 1.42. The number of hydrogen-bond donors (Lipinski definition) is 1. The zero-order valence-corrected chi connectivity index (χ0v) is 21.6. The summed E-state index contributed by atoms with van der Waals surface area (Å²) in [6, 6.07) is 3.89. The quantitative estimate of drug-likeness (QED) is 0.671. The molecule has 1 saturated heterocycles. The Morgan fingerprint density at radius 3 is 2.06 bits per heavy atom. The van der Waals surface area contributed by atoms with Gasteiger partial charge in [-0.1, -0.05) is 41.5 Å². The molecular formula is C26H42N2O4. The van der Waals surface area contributed by atoms with Gasteiger partial charge in [-0.2, -0.15) is 0 Å². The smallest absolute Gasteiger partial charge is 0.410 e. The highest BCUT2D eigenvalue weighted by molar-refractivity contribution is 5.97. The van der Waals surface area contributed by atoms with Crippen LogP contribution in [0.15, 0.2) is 12.1 Å². The summed E-state index contributed by atoms with van der Waals surface area (Å²) in [6.45, 7) is 19.6. The fraction of sp³-hybridized carbons (Fsp3) is 0.692. The lowest BCUT2D eigenvalue weighted by Gasteiger charge is -2.31. The Morgan fingerprint density at radius 1 is 1.00 bits per heavy atom. The topological polar surface area (TPSA) is 67.9 Å². The first-order chi connectivity index (χ1) is 14.5. The van der Waals surface area contributed by atoms with Gasteiger partial charge in [0.05, 0.1) is 18.7 Å². The number of benzene rings is 1. The highest BCUT2D eigenvalue weighted by Gasteiger charge is 2.33. The average Bonchev–Trinajstić information content (AvgIpc) is 3.11. The Hall–Kier alpha value is -2.24. The van der Waals surface area contributed by atoms with Crippen molar-refractivity contribution in [3.8, 4) is 5.75 Å². The van der Waals surface area contributed by atoms with E-state index < -0.39 is 5.60 Å². The number of likely N-dealkylation sites (tertiary alicyclic amines) is 1. The van der Waals surface area contributed by atoms with Crippen molar-refractivity contribution in [1.29, 1.82) is 0 Å². The van der Waals surface area contributed by atoms with Crippen LogP contribution >= 0.6 is 0 Å². The first kappa shape index (κ1) is 26.0. The third kappa shape index (κ3) is 6.39. The Labute approximate surface area is 194 Å². The molecule has 0 radical (unpaired) electrons. The molecule has 0 bridgehead atoms. The number of nitrogens with zero attached hydrogens (tertiary/aromatic N) is 1. The number of nitrogens with one attached hydrogen (secondary N) is 1. The molecule has 1 heterocycles. The van der Waals surface area contributed by atoms with Crippen molar-refractivity contribution < 1.29 is 19.1 Å². The maximum atomic E-state index is 13.2. The molecule has 1 aliphatic rings. The number of carbonyl (C=O) groups excluding carboxylic acids is 2. The summed E-state index contributed by atoms with van der Waals surface area (Å²) in [5.74, 6) is 0.375. The predicted octanol–water partition coefficient (Wildman–Crippen LogP) is 5.42. The molecule has 2 rings (SSSR count). The molecule has 1 atom stereocenters. The zero-order valence-electron chi connectivity index (χ0n) is 21.6. The average molecular weight is 447 g/mol. The van der Waals surface area contributed by atoms with Gasteiger partial charge in [0.15, 0.2) is 0 Å². The standard InChI is InChI=1S/C26H42N2O4/c1-24(2,3)19-14-18(21(31-10)15-20(19)25(4,5)6)22(29)27-16-17-12-11-13-28(17)23(30)32-26(7,8)9/h14-15,17H,11-13,16H2,1-10H3,(H,27,29)/t17-/m0/s1. The molecule has 0 saturated carbocycles. The Morgan fingerprint density at radius 2 is 1.56 bits per heavy atom. The van der Waals surface area contributed by atoms with Crippen LogP contribution in [-0.4, -0.2) is 48.7 Å². The second-order valence-electron chi connectivity index (χ2n) is 11.8. The van der Waals surface area contributed by atoms with E-state index in [1.165, 1.54) is 5.56 Å². The second kappa shape index (κ2) is 9.32. The molecule has 0 aliphatic carbocycles. The fourth-order valence-corrected chi connectivity index (χ4v) is 4.08. The maximum absolute atomic E-state index is 13.2. The SMILES string of the molecule is COc1cc(C(C)(C)C)c(C(C)(C)C)cc1C(=O)NC[C@@H]1CCCN1C(=O)OC(C)(C)C.